The molecule has 0 spiro atoms. The molecule has 0 saturated carbocycles. The van der Waals surface area contributed by atoms with Crippen molar-refractivity contribution in [2.24, 2.45) is 0 Å². The lowest BCUT2D eigenvalue weighted by atomic mass is 10.2. The van der Waals surface area contributed by atoms with Crippen LogP contribution in [0.4, 0.5) is 10.8 Å². The van der Waals surface area contributed by atoms with E-state index in [-0.39, 0.29) is 16.3 Å². The van der Waals surface area contributed by atoms with Gasteiger partial charge in [0.05, 0.1) is 17.8 Å². The van der Waals surface area contributed by atoms with Crippen LogP contribution in [0, 0.1) is 0 Å². The summed E-state index contributed by atoms with van der Waals surface area (Å²) in [5, 5.41) is 12.9. The van der Waals surface area contributed by atoms with Gasteiger partial charge in [-0.2, -0.15) is 4.37 Å². The SMILES string of the molecule is CCc1nsc(Nc2cc(OC)c(C(=O)O)cc2Cl)n1. The van der Waals surface area contributed by atoms with Gasteiger partial charge in [-0.15, -0.1) is 0 Å². The smallest absolute Gasteiger partial charge is 0.339 e. The number of hydrogen-bond donors (Lipinski definition) is 2. The molecular formula is C12H12ClN3O3S. The van der Waals surface area contributed by atoms with Gasteiger partial charge in [0.25, 0.3) is 0 Å². The van der Waals surface area contributed by atoms with Crippen molar-refractivity contribution in [1.82, 2.24) is 9.36 Å². The van der Waals surface area contributed by atoms with Gasteiger partial charge in [-0.25, -0.2) is 9.78 Å². The molecule has 20 heavy (non-hydrogen) atoms. The highest BCUT2D eigenvalue weighted by atomic mass is 35.5. The maximum atomic E-state index is 11.1. The number of aromatic nitrogens is 2. The van der Waals surface area contributed by atoms with Crippen molar-refractivity contribution in [3.8, 4) is 5.75 Å². The van der Waals surface area contributed by atoms with Crippen molar-refractivity contribution in [2.45, 2.75) is 13.3 Å². The first kappa shape index (κ1) is 14.5. The molecule has 0 aliphatic carbocycles. The Balaban J connectivity index is 2.34. The van der Waals surface area contributed by atoms with Crippen molar-refractivity contribution >= 4 is 39.9 Å². The third-order valence-corrected chi connectivity index (χ3v) is 3.53. The van der Waals surface area contributed by atoms with Gasteiger partial charge in [0.1, 0.15) is 17.1 Å². The second-order valence-corrected chi connectivity index (χ2v) is 4.99. The highest BCUT2D eigenvalue weighted by Crippen LogP contribution is 2.33. The summed E-state index contributed by atoms with van der Waals surface area (Å²) in [5.41, 5.74) is 0.530. The zero-order chi connectivity index (χ0) is 14.7. The van der Waals surface area contributed by atoms with E-state index in [1.807, 2.05) is 6.92 Å². The molecule has 0 bridgehead atoms. The van der Waals surface area contributed by atoms with Gasteiger partial charge >= 0.3 is 5.97 Å². The largest absolute Gasteiger partial charge is 0.496 e. The van der Waals surface area contributed by atoms with E-state index in [0.717, 1.165) is 12.2 Å². The molecule has 0 atom stereocenters. The quantitative estimate of drug-likeness (QED) is 0.881. The molecule has 1 aromatic carbocycles. The van der Waals surface area contributed by atoms with Gasteiger partial charge < -0.3 is 15.2 Å². The fourth-order valence-electron chi connectivity index (χ4n) is 1.55. The van der Waals surface area contributed by atoms with Gasteiger partial charge in [-0.1, -0.05) is 18.5 Å². The van der Waals surface area contributed by atoms with Gasteiger partial charge in [-0.05, 0) is 6.07 Å². The number of nitrogens with zero attached hydrogens (tertiary/aromatic N) is 2. The predicted octanol–water partition coefficient (Wildman–Crippen LogP) is 3.20. The zero-order valence-corrected chi connectivity index (χ0v) is 12.4. The number of rotatable bonds is 5. The molecule has 0 fully saturated rings. The van der Waals surface area contributed by atoms with E-state index >= 15 is 0 Å². The van der Waals surface area contributed by atoms with Crippen LogP contribution in [-0.4, -0.2) is 27.5 Å². The number of benzene rings is 1. The maximum Gasteiger partial charge on any atom is 0.339 e. The van der Waals surface area contributed by atoms with E-state index in [4.69, 9.17) is 21.4 Å². The number of nitrogens with one attached hydrogen (secondary N) is 1. The standard InChI is InChI=1S/C12H12ClN3O3S/c1-3-10-15-12(20-16-10)14-8-5-9(19-2)6(11(17)18)4-7(8)13/h4-5H,3H2,1-2H3,(H,17,18)(H,14,15,16). The Hall–Kier alpha value is -1.86. The molecule has 0 saturated heterocycles. The van der Waals surface area contributed by atoms with Gasteiger partial charge in [0.15, 0.2) is 0 Å². The van der Waals surface area contributed by atoms with Crippen molar-refractivity contribution in [2.75, 3.05) is 12.4 Å². The van der Waals surface area contributed by atoms with Gasteiger partial charge in [0, 0.05) is 24.0 Å². The Morgan fingerprint density at radius 3 is 2.85 bits per heavy atom. The Labute approximate surface area is 124 Å². The maximum absolute atomic E-state index is 11.1. The Morgan fingerprint density at radius 1 is 1.55 bits per heavy atom. The van der Waals surface area contributed by atoms with Crippen LogP contribution in [0.2, 0.25) is 5.02 Å². The Kier molecular flexibility index (Phi) is 4.41. The molecule has 2 N–H and O–H groups in total. The third kappa shape index (κ3) is 3.00. The van der Waals surface area contributed by atoms with Crippen LogP contribution in [0.1, 0.15) is 23.1 Å². The van der Waals surface area contributed by atoms with Gasteiger partial charge in [-0.3, -0.25) is 0 Å². The monoisotopic (exact) mass is 313 g/mol. The molecule has 0 unspecified atom stereocenters. The summed E-state index contributed by atoms with van der Waals surface area (Å²) in [6, 6.07) is 2.87. The van der Waals surface area contributed by atoms with E-state index in [2.05, 4.69) is 14.7 Å². The molecule has 2 aromatic rings. The lowest BCUT2D eigenvalue weighted by Crippen LogP contribution is -2.02. The number of carboxylic acids is 1. The van der Waals surface area contributed by atoms with E-state index in [1.165, 1.54) is 30.8 Å². The number of anilines is 2. The molecule has 6 nitrogen and oxygen atoms in total. The molecule has 2 rings (SSSR count). The Morgan fingerprint density at radius 2 is 2.30 bits per heavy atom. The number of aryl methyl sites for hydroxylation is 1. The van der Waals surface area contributed by atoms with Crippen LogP contribution in [0.3, 0.4) is 0 Å². The molecule has 0 amide bonds. The molecular weight excluding hydrogens is 302 g/mol. The van der Waals surface area contributed by atoms with Crippen LogP contribution < -0.4 is 10.1 Å². The van der Waals surface area contributed by atoms with Crippen LogP contribution in [0.15, 0.2) is 12.1 Å². The normalized spacial score (nSPS) is 10.3. The minimum atomic E-state index is -1.10. The molecule has 1 heterocycles. The van der Waals surface area contributed by atoms with E-state index in [0.29, 0.717) is 10.8 Å². The summed E-state index contributed by atoms with van der Waals surface area (Å²) in [7, 11) is 1.40. The van der Waals surface area contributed by atoms with E-state index in [9.17, 15) is 4.79 Å². The third-order valence-electron chi connectivity index (χ3n) is 2.55. The van der Waals surface area contributed by atoms with Crippen LogP contribution >= 0.6 is 23.1 Å². The average molecular weight is 314 g/mol. The number of ether oxygens (including phenoxy) is 1. The summed E-state index contributed by atoms with van der Waals surface area (Å²) in [5.74, 6) is -0.133. The van der Waals surface area contributed by atoms with Crippen LogP contribution in [-0.2, 0) is 6.42 Å². The second-order valence-electron chi connectivity index (χ2n) is 3.83. The first-order valence-corrected chi connectivity index (χ1v) is 6.90. The predicted molar refractivity (Wildman–Crippen MR) is 77.5 cm³/mol. The van der Waals surface area contributed by atoms with E-state index < -0.39 is 5.97 Å². The van der Waals surface area contributed by atoms with Crippen LogP contribution in [0.5, 0.6) is 5.75 Å². The second kappa shape index (κ2) is 6.06. The number of halogens is 1. The highest BCUT2D eigenvalue weighted by Gasteiger charge is 2.15. The van der Waals surface area contributed by atoms with E-state index in [1.54, 1.807) is 0 Å². The number of carbonyl (C=O) groups is 1. The molecule has 0 radical (unpaired) electrons. The minimum Gasteiger partial charge on any atom is -0.496 e. The summed E-state index contributed by atoms with van der Waals surface area (Å²) in [6.07, 6.45) is 0.743. The lowest BCUT2D eigenvalue weighted by Gasteiger charge is -2.10. The summed E-state index contributed by atoms with van der Waals surface area (Å²) >= 11 is 7.28. The number of hydrogen-bond acceptors (Lipinski definition) is 6. The fourth-order valence-corrected chi connectivity index (χ4v) is 2.42. The lowest BCUT2D eigenvalue weighted by molar-refractivity contribution is 0.0693. The molecule has 106 valence electrons. The summed E-state index contributed by atoms with van der Waals surface area (Å²) < 4.78 is 9.20. The number of methoxy groups -OCH3 is 1. The average Bonchev–Trinajstić information content (AvgIpc) is 2.88. The topological polar surface area (TPSA) is 84.3 Å². The van der Waals surface area contributed by atoms with Gasteiger partial charge in [0.2, 0.25) is 5.13 Å². The fraction of sp³-hybridized carbons (Fsp3) is 0.250. The zero-order valence-electron chi connectivity index (χ0n) is 10.8. The van der Waals surface area contributed by atoms with Crippen molar-refractivity contribution in [1.29, 1.82) is 0 Å². The summed E-state index contributed by atoms with van der Waals surface area (Å²) in [6.45, 7) is 1.96. The molecule has 0 aliphatic rings. The number of aromatic carboxylic acids is 1. The number of carboxylic acid groups (broad SMARTS) is 1. The van der Waals surface area contributed by atoms with Crippen molar-refractivity contribution < 1.29 is 14.6 Å². The molecule has 0 aliphatic heterocycles. The summed E-state index contributed by atoms with van der Waals surface area (Å²) in [4.78, 5) is 15.3. The highest BCUT2D eigenvalue weighted by molar-refractivity contribution is 7.09. The molecule has 8 heteroatoms. The first-order chi connectivity index (χ1) is 9.55. The first-order valence-electron chi connectivity index (χ1n) is 5.75. The van der Waals surface area contributed by atoms with Crippen LogP contribution in [0.25, 0.3) is 0 Å². The Bertz CT molecular complexity index is 645. The molecule has 1 aromatic heterocycles. The van der Waals surface area contributed by atoms with Crippen molar-refractivity contribution in [3.63, 3.8) is 0 Å². The minimum absolute atomic E-state index is 0.00885. The van der Waals surface area contributed by atoms with Crippen molar-refractivity contribution in [3.05, 3.63) is 28.5 Å².